The maximum absolute atomic E-state index is 11.5. The van der Waals surface area contributed by atoms with E-state index in [1.807, 2.05) is 0 Å². The molecular formula is C35H55O2-. The van der Waals surface area contributed by atoms with Gasteiger partial charge >= 0.3 is 0 Å². The smallest absolute Gasteiger partial charge is 0.0445 e. The van der Waals surface area contributed by atoms with Crippen molar-refractivity contribution < 1.29 is 9.90 Å². The minimum Gasteiger partial charge on any atom is -0.550 e. The van der Waals surface area contributed by atoms with Gasteiger partial charge in [0.25, 0.3) is 0 Å². The van der Waals surface area contributed by atoms with Gasteiger partial charge in [0.05, 0.1) is 0 Å². The summed E-state index contributed by atoms with van der Waals surface area (Å²) in [4.78, 5) is 11.5. The van der Waals surface area contributed by atoms with E-state index in [1.54, 1.807) is 11.1 Å². The number of aliphatic carboxylic acids is 1. The van der Waals surface area contributed by atoms with Crippen molar-refractivity contribution in [2.75, 3.05) is 0 Å². The quantitative estimate of drug-likeness (QED) is 0.280. The predicted octanol–water partition coefficient (Wildman–Crippen LogP) is 8.96. The van der Waals surface area contributed by atoms with Crippen molar-refractivity contribution in [3.8, 4) is 0 Å². The molecule has 1 aromatic carbocycles. The molecule has 0 amide bonds. The summed E-state index contributed by atoms with van der Waals surface area (Å²) in [6.45, 7) is 7.11. The van der Waals surface area contributed by atoms with Crippen molar-refractivity contribution in [2.45, 2.75) is 148 Å². The van der Waals surface area contributed by atoms with E-state index in [9.17, 15) is 9.90 Å². The molecule has 0 heterocycles. The number of carboxylic acid groups (broad SMARTS) is 1. The molecular weight excluding hydrogens is 452 g/mol. The Hall–Kier alpha value is -1.31. The van der Waals surface area contributed by atoms with Gasteiger partial charge in [-0.2, -0.15) is 0 Å². The van der Waals surface area contributed by atoms with Crippen LogP contribution in [0.4, 0.5) is 0 Å². The van der Waals surface area contributed by atoms with E-state index in [0.717, 1.165) is 55.8 Å². The van der Waals surface area contributed by atoms with Crippen molar-refractivity contribution in [2.24, 2.45) is 29.6 Å². The molecule has 3 aliphatic carbocycles. The van der Waals surface area contributed by atoms with Crippen LogP contribution in [-0.4, -0.2) is 5.97 Å². The molecule has 3 aliphatic rings. The highest BCUT2D eigenvalue weighted by atomic mass is 16.4. The first-order chi connectivity index (χ1) is 18.0. The summed E-state index contributed by atoms with van der Waals surface area (Å²) >= 11 is 0. The molecule has 0 spiro atoms. The van der Waals surface area contributed by atoms with Gasteiger partial charge in [-0.3, -0.25) is 0 Å². The van der Waals surface area contributed by atoms with E-state index >= 15 is 0 Å². The zero-order valence-electron chi connectivity index (χ0n) is 24.3. The molecule has 0 aromatic heterocycles. The third-order valence-electron chi connectivity index (χ3n) is 11.3. The van der Waals surface area contributed by atoms with Crippen molar-refractivity contribution in [1.29, 1.82) is 0 Å². The summed E-state index contributed by atoms with van der Waals surface area (Å²) in [6, 6.07) is 9.27. The SMILES string of the molecule is CCCCCC1CCC(C2CCC(C(C)c3ccccc3C3(CCC)CCC(C(=O)[O-])CC3)CC2)CC1. The number of carbonyl (C=O) groups is 1. The first-order valence-corrected chi connectivity index (χ1v) is 16.3. The van der Waals surface area contributed by atoms with E-state index < -0.39 is 5.97 Å². The second-order valence-corrected chi connectivity index (χ2v) is 13.5. The van der Waals surface area contributed by atoms with Gasteiger partial charge in [-0.15, -0.1) is 0 Å². The number of rotatable bonds is 11. The summed E-state index contributed by atoms with van der Waals surface area (Å²) in [5.41, 5.74) is 3.27. The molecule has 3 saturated carbocycles. The van der Waals surface area contributed by atoms with Crippen LogP contribution in [0.1, 0.15) is 153 Å². The Labute approximate surface area is 228 Å². The molecule has 37 heavy (non-hydrogen) atoms. The monoisotopic (exact) mass is 507 g/mol. The standard InChI is InChI=1S/C35H56O2/c1-4-6-7-10-27-13-15-29(16-14-27)30-19-17-28(18-20-30)26(3)32-11-8-9-12-33(32)35(23-5-2)24-21-31(22-25-35)34(36)37/h8-9,11-12,26-31H,4-7,10,13-25H2,1-3H3,(H,36,37)/p-1. The molecule has 1 unspecified atom stereocenters. The van der Waals surface area contributed by atoms with Gasteiger partial charge in [-0.05, 0) is 123 Å². The molecule has 4 rings (SSSR count). The van der Waals surface area contributed by atoms with Gasteiger partial charge in [0.1, 0.15) is 0 Å². The minimum absolute atomic E-state index is 0.151. The molecule has 1 atom stereocenters. The third kappa shape index (κ3) is 7.02. The predicted molar refractivity (Wildman–Crippen MR) is 153 cm³/mol. The van der Waals surface area contributed by atoms with Crippen LogP contribution in [0.2, 0.25) is 0 Å². The lowest BCUT2D eigenvalue weighted by atomic mass is 9.61. The molecule has 0 radical (unpaired) electrons. The van der Waals surface area contributed by atoms with Gasteiger partial charge in [0.15, 0.2) is 0 Å². The topological polar surface area (TPSA) is 40.1 Å². The minimum atomic E-state index is -0.839. The highest BCUT2D eigenvalue weighted by Gasteiger charge is 2.39. The molecule has 2 nitrogen and oxygen atoms in total. The summed E-state index contributed by atoms with van der Waals surface area (Å²) in [6.07, 6.45) is 23.2. The highest BCUT2D eigenvalue weighted by molar-refractivity contribution is 5.67. The zero-order chi connectivity index (χ0) is 26.3. The lowest BCUT2D eigenvalue weighted by Gasteiger charge is -2.44. The van der Waals surface area contributed by atoms with Crippen LogP contribution in [-0.2, 0) is 10.2 Å². The first kappa shape index (κ1) is 28.7. The number of unbranched alkanes of at least 4 members (excludes halogenated alkanes) is 2. The lowest BCUT2D eigenvalue weighted by molar-refractivity contribution is -0.312. The zero-order valence-corrected chi connectivity index (χ0v) is 24.3. The maximum atomic E-state index is 11.5. The van der Waals surface area contributed by atoms with Crippen LogP contribution < -0.4 is 5.11 Å². The van der Waals surface area contributed by atoms with Gasteiger partial charge < -0.3 is 9.90 Å². The highest BCUT2D eigenvalue weighted by Crippen LogP contribution is 2.50. The lowest BCUT2D eigenvalue weighted by Crippen LogP contribution is -2.39. The van der Waals surface area contributed by atoms with Crippen LogP contribution >= 0.6 is 0 Å². The van der Waals surface area contributed by atoms with Gasteiger partial charge in [-0.1, -0.05) is 90.0 Å². The van der Waals surface area contributed by atoms with Gasteiger partial charge in [-0.25, -0.2) is 0 Å². The van der Waals surface area contributed by atoms with Gasteiger partial charge in [0, 0.05) is 5.97 Å². The van der Waals surface area contributed by atoms with Crippen LogP contribution in [0.25, 0.3) is 0 Å². The molecule has 3 fully saturated rings. The average Bonchev–Trinajstić information content (AvgIpc) is 2.94. The Kier molecular flexibility index (Phi) is 10.6. The number of carboxylic acids is 1. The maximum Gasteiger partial charge on any atom is 0.0445 e. The molecule has 2 heteroatoms. The Balaban J connectivity index is 1.36. The van der Waals surface area contributed by atoms with E-state index in [-0.39, 0.29) is 11.3 Å². The normalized spacial score (nSPS) is 33.6. The third-order valence-corrected chi connectivity index (χ3v) is 11.3. The number of benzene rings is 1. The van der Waals surface area contributed by atoms with E-state index in [1.165, 1.54) is 83.5 Å². The summed E-state index contributed by atoms with van der Waals surface area (Å²) in [5.74, 6) is 3.29. The second-order valence-electron chi connectivity index (χ2n) is 13.5. The van der Waals surface area contributed by atoms with Crippen LogP contribution in [0, 0.1) is 29.6 Å². The molecule has 0 saturated heterocycles. The summed E-state index contributed by atoms with van der Waals surface area (Å²) in [5, 5.41) is 11.5. The van der Waals surface area contributed by atoms with E-state index in [0.29, 0.717) is 5.92 Å². The average molecular weight is 508 g/mol. The summed E-state index contributed by atoms with van der Waals surface area (Å²) < 4.78 is 0. The Bertz CT molecular complexity index is 819. The number of hydrogen-bond acceptors (Lipinski definition) is 2. The van der Waals surface area contributed by atoms with Crippen LogP contribution in [0.5, 0.6) is 0 Å². The summed E-state index contributed by atoms with van der Waals surface area (Å²) in [7, 11) is 0. The molecule has 0 aliphatic heterocycles. The fraction of sp³-hybridized carbons (Fsp3) is 0.800. The van der Waals surface area contributed by atoms with Crippen molar-refractivity contribution in [1.82, 2.24) is 0 Å². The number of hydrogen-bond donors (Lipinski definition) is 0. The van der Waals surface area contributed by atoms with Crippen molar-refractivity contribution >= 4 is 5.97 Å². The second kappa shape index (κ2) is 13.7. The van der Waals surface area contributed by atoms with Crippen molar-refractivity contribution in [3.05, 3.63) is 35.4 Å². The molecule has 208 valence electrons. The Morgan fingerprint density at radius 1 is 0.865 bits per heavy atom. The Morgan fingerprint density at radius 2 is 1.49 bits per heavy atom. The largest absolute Gasteiger partial charge is 0.550 e. The fourth-order valence-corrected chi connectivity index (χ4v) is 8.92. The van der Waals surface area contributed by atoms with E-state index in [2.05, 4.69) is 45.0 Å². The van der Waals surface area contributed by atoms with Crippen LogP contribution in [0.3, 0.4) is 0 Å². The molecule has 1 aromatic rings. The first-order valence-electron chi connectivity index (χ1n) is 16.3. The van der Waals surface area contributed by atoms with Crippen LogP contribution in [0.15, 0.2) is 24.3 Å². The molecule has 0 bridgehead atoms. The van der Waals surface area contributed by atoms with E-state index in [4.69, 9.17) is 0 Å². The van der Waals surface area contributed by atoms with Crippen molar-refractivity contribution in [3.63, 3.8) is 0 Å². The number of carbonyl (C=O) groups excluding carboxylic acids is 1. The Morgan fingerprint density at radius 3 is 2.08 bits per heavy atom. The molecule has 0 N–H and O–H groups in total. The van der Waals surface area contributed by atoms with Gasteiger partial charge in [0.2, 0.25) is 0 Å². The fourth-order valence-electron chi connectivity index (χ4n) is 8.92.